The minimum absolute atomic E-state index is 0.0171. The topological polar surface area (TPSA) is 63.0 Å². The molecule has 0 spiro atoms. The molecule has 0 aliphatic rings. The van der Waals surface area contributed by atoms with E-state index < -0.39 is 18.1 Å². The van der Waals surface area contributed by atoms with E-state index in [4.69, 9.17) is 5.26 Å². The molecule has 0 N–H and O–H groups in total. The Bertz CT molecular complexity index is 467. The van der Waals surface area contributed by atoms with E-state index in [1.165, 1.54) is 6.92 Å². The van der Waals surface area contributed by atoms with Crippen molar-refractivity contribution in [2.45, 2.75) is 13.3 Å². The lowest BCUT2D eigenvalue weighted by Crippen LogP contribution is -2.09. The molecule has 1 heterocycles. The molecular formula is C10H8F2N2O2. The van der Waals surface area contributed by atoms with Gasteiger partial charge in [-0.3, -0.25) is 4.98 Å². The maximum atomic E-state index is 12.5. The molecular weight excluding hydrogens is 218 g/mol. The predicted octanol–water partition coefficient (Wildman–Crippen LogP) is 1.99. The summed E-state index contributed by atoms with van der Waals surface area (Å²) in [6.07, 6.45) is -1.86. The van der Waals surface area contributed by atoms with Gasteiger partial charge in [-0.2, -0.15) is 5.26 Å². The third-order valence-electron chi connectivity index (χ3n) is 2.09. The number of pyridine rings is 1. The maximum absolute atomic E-state index is 12.5. The molecule has 1 rings (SSSR count). The van der Waals surface area contributed by atoms with Crippen molar-refractivity contribution in [2.24, 2.45) is 0 Å². The van der Waals surface area contributed by atoms with Gasteiger partial charge in [0.05, 0.1) is 18.2 Å². The number of esters is 1. The SMILES string of the molecule is COC(=O)c1cnc(C(F)F)c(C#N)c1C. The zero-order valence-corrected chi connectivity index (χ0v) is 8.62. The summed E-state index contributed by atoms with van der Waals surface area (Å²) in [5.41, 5.74) is -0.728. The molecule has 0 aliphatic carbocycles. The summed E-state index contributed by atoms with van der Waals surface area (Å²) in [5.74, 6) is -0.706. The van der Waals surface area contributed by atoms with Crippen LogP contribution in [-0.4, -0.2) is 18.1 Å². The third-order valence-corrected chi connectivity index (χ3v) is 2.09. The smallest absolute Gasteiger partial charge is 0.339 e. The average molecular weight is 226 g/mol. The maximum Gasteiger partial charge on any atom is 0.339 e. The Kier molecular flexibility index (Phi) is 3.51. The van der Waals surface area contributed by atoms with Gasteiger partial charge in [-0.25, -0.2) is 13.6 Å². The highest BCUT2D eigenvalue weighted by Crippen LogP contribution is 2.24. The van der Waals surface area contributed by atoms with Gasteiger partial charge in [-0.1, -0.05) is 0 Å². The standard InChI is InChI=1S/C10H8F2N2O2/c1-5-6(3-13)8(9(11)12)14-4-7(5)10(15)16-2/h4,9H,1-2H3. The zero-order chi connectivity index (χ0) is 12.3. The van der Waals surface area contributed by atoms with Gasteiger partial charge in [0.1, 0.15) is 11.8 Å². The molecule has 4 nitrogen and oxygen atoms in total. The van der Waals surface area contributed by atoms with E-state index in [1.54, 1.807) is 6.07 Å². The number of carbonyl (C=O) groups is 1. The van der Waals surface area contributed by atoms with Gasteiger partial charge in [0.2, 0.25) is 0 Å². The molecule has 0 fully saturated rings. The van der Waals surface area contributed by atoms with Gasteiger partial charge >= 0.3 is 5.97 Å². The van der Waals surface area contributed by atoms with Crippen LogP contribution >= 0.6 is 0 Å². The molecule has 1 aromatic heterocycles. The first-order valence-electron chi connectivity index (χ1n) is 4.29. The lowest BCUT2D eigenvalue weighted by Gasteiger charge is -2.08. The first-order chi connectivity index (χ1) is 7.52. The molecule has 0 saturated heterocycles. The predicted molar refractivity (Wildman–Crippen MR) is 50.0 cm³/mol. The number of halogens is 2. The van der Waals surface area contributed by atoms with E-state index in [2.05, 4.69) is 9.72 Å². The van der Waals surface area contributed by atoms with Gasteiger partial charge in [0.15, 0.2) is 0 Å². The number of carbonyl (C=O) groups excluding carboxylic acids is 1. The number of alkyl halides is 2. The van der Waals surface area contributed by atoms with Gasteiger partial charge < -0.3 is 4.74 Å². The summed E-state index contributed by atoms with van der Waals surface area (Å²) in [6, 6.07) is 1.61. The van der Waals surface area contributed by atoms with Crippen molar-refractivity contribution >= 4 is 5.97 Å². The summed E-state index contributed by atoms with van der Waals surface area (Å²) in [4.78, 5) is 14.6. The summed E-state index contributed by atoms with van der Waals surface area (Å²) >= 11 is 0. The second kappa shape index (κ2) is 4.66. The molecule has 0 aromatic carbocycles. The van der Waals surface area contributed by atoms with Crippen molar-refractivity contribution in [1.29, 1.82) is 5.26 Å². The monoisotopic (exact) mass is 226 g/mol. The molecule has 0 unspecified atom stereocenters. The number of nitriles is 1. The van der Waals surface area contributed by atoms with E-state index in [9.17, 15) is 13.6 Å². The van der Waals surface area contributed by atoms with E-state index in [1.807, 2.05) is 0 Å². The van der Waals surface area contributed by atoms with E-state index in [-0.39, 0.29) is 16.7 Å². The number of methoxy groups -OCH3 is 1. The molecule has 0 atom stereocenters. The lowest BCUT2D eigenvalue weighted by molar-refractivity contribution is 0.0598. The fourth-order valence-corrected chi connectivity index (χ4v) is 1.24. The Labute approximate surface area is 90.5 Å². The average Bonchev–Trinajstić information content (AvgIpc) is 2.27. The quantitative estimate of drug-likeness (QED) is 0.723. The van der Waals surface area contributed by atoms with E-state index in [0.29, 0.717) is 0 Å². The van der Waals surface area contributed by atoms with Crippen LogP contribution in [0.15, 0.2) is 6.20 Å². The van der Waals surface area contributed by atoms with Crippen molar-refractivity contribution in [1.82, 2.24) is 4.98 Å². The summed E-state index contributed by atoms with van der Waals surface area (Å²) < 4.78 is 29.4. The van der Waals surface area contributed by atoms with Gasteiger partial charge in [-0.15, -0.1) is 0 Å². The van der Waals surface area contributed by atoms with Crippen molar-refractivity contribution < 1.29 is 18.3 Å². The number of hydrogen-bond acceptors (Lipinski definition) is 4. The minimum Gasteiger partial charge on any atom is -0.465 e. The molecule has 1 aromatic rings. The molecule has 16 heavy (non-hydrogen) atoms. The number of aromatic nitrogens is 1. The molecule has 0 aliphatic heterocycles. The van der Waals surface area contributed by atoms with E-state index >= 15 is 0 Å². The highest BCUT2D eigenvalue weighted by Gasteiger charge is 2.21. The molecule has 84 valence electrons. The fourth-order valence-electron chi connectivity index (χ4n) is 1.24. The van der Waals surface area contributed by atoms with E-state index in [0.717, 1.165) is 13.3 Å². The zero-order valence-electron chi connectivity index (χ0n) is 8.62. The largest absolute Gasteiger partial charge is 0.465 e. The molecule has 0 bridgehead atoms. The highest BCUT2D eigenvalue weighted by atomic mass is 19.3. The summed E-state index contributed by atoms with van der Waals surface area (Å²) in [5, 5.41) is 8.75. The second-order valence-electron chi connectivity index (χ2n) is 2.96. The Morgan fingerprint density at radius 2 is 2.25 bits per heavy atom. The van der Waals surface area contributed by atoms with Crippen LogP contribution in [0.25, 0.3) is 0 Å². The summed E-state index contributed by atoms with van der Waals surface area (Å²) in [7, 11) is 1.16. The summed E-state index contributed by atoms with van der Waals surface area (Å²) in [6.45, 7) is 1.40. The molecule has 0 saturated carbocycles. The Hall–Kier alpha value is -2.03. The number of hydrogen-bond donors (Lipinski definition) is 0. The van der Waals surface area contributed by atoms with Crippen molar-refractivity contribution in [3.63, 3.8) is 0 Å². The number of rotatable bonds is 2. The third kappa shape index (κ3) is 1.98. The minimum atomic E-state index is -2.85. The fraction of sp³-hybridized carbons (Fsp3) is 0.300. The van der Waals surface area contributed by atoms with Crippen LogP contribution in [0, 0.1) is 18.3 Å². The Balaban J connectivity index is 3.42. The van der Waals surface area contributed by atoms with Gasteiger partial charge in [0.25, 0.3) is 6.43 Å². The first-order valence-corrected chi connectivity index (χ1v) is 4.29. The van der Waals surface area contributed by atoms with Crippen LogP contribution in [0.2, 0.25) is 0 Å². The van der Waals surface area contributed by atoms with Crippen molar-refractivity contribution in [2.75, 3.05) is 7.11 Å². The highest BCUT2D eigenvalue weighted by molar-refractivity contribution is 5.91. The van der Waals surface area contributed by atoms with Gasteiger partial charge in [0, 0.05) is 6.20 Å². The normalized spacial score (nSPS) is 10.0. The van der Waals surface area contributed by atoms with Crippen LogP contribution < -0.4 is 0 Å². The second-order valence-corrected chi connectivity index (χ2v) is 2.96. The van der Waals surface area contributed by atoms with Crippen LogP contribution in [0.1, 0.15) is 33.6 Å². The van der Waals surface area contributed by atoms with Crippen LogP contribution in [0.4, 0.5) is 8.78 Å². The van der Waals surface area contributed by atoms with Crippen molar-refractivity contribution in [3.05, 3.63) is 28.6 Å². The lowest BCUT2D eigenvalue weighted by atomic mass is 10.0. The molecule has 0 radical (unpaired) electrons. The number of nitrogens with zero attached hydrogens (tertiary/aromatic N) is 2. The van der Waals surface area contributed by atoms with Crippen LogP contribution in [0.3, 0.4) is 0 Å². The van der Waals surface area contributed by atoms with Gasteiger partial charge in [-0.05, 0) is 12.5 Å². The molecule has 6 heteroatoms. The van der Waals surface area contributed by atoms with Crippen LogP contribution in [0.5, 0.6) is 0 Å². The Morgan fingerprint density at radius 1 is 1.62 bits per heavy atom. The molecule has 0 amide bonds. The number of ether oxygens (including phenoxy) is 1. The van der Waals surface area contributed by atoms with Crippen LogP contribution in [-0.2, 0) is 4.74 Å². The first kappa shape index (κ1) is 12.0. The Morgan fingerprint density at radius 3 is 2.69 bits per heavy atom. The van der Waals surface area contributed by atoms with Crippen molar-refractivity contribution in [3.8, 4) is 6.07 Å².